The Hall–Kier alpha value is -3.10. The summed E-state index contributed by atoms with van der Waals surface area (Å²) in [5.74, 6) is -0.0579. The van der Waals surface area contributed by atoms with E-state index in [1.54, 1.807) is 22.4 Å². The van der Waals surface area contributed by atoms with Gasteiger partial charge < -0.3 is 9.64 Å². The van der Waals surface area contributed by atoms with Crippen molar-refractivity contribution >= 4 is 11.6 Å². The molecule has 4 heterocycles. The van der Waals surface area contributed by atoms with Crippen LogP contribution < -0.4 is 4.74 Å². The maximum absolute atomic E-state index is 12.7. The van der Waals surface area contributed by atoms with Gasteiger partial charge in [-0.15, -0.1) is 0 Å². The second-order valence-corrected chi connectivity index (χ2v) is 6.31. The molecule has 9 heteroatoms. The molecule has 1 aliphatic heterocycles. The van der Waals surface area contributed by atoms with E-state index in [0.29, 0.717) is 30.1 Å². The van der Waals surface area contributed by atoms with E-state index >= 15 is 0 Å². The molecule has 140 valence electrons. The van der Waals surface area contributed by atoms with Gasteiger partial charge in [-0.05, 0) is 25.1 Å². The van der Waals surface area contributed by atoms with Crippen molar-refractivity contribution in [2.24, 2.45) is 0 Å². The molecule has 27 heavy (non-hydrogen) atoms. The number of rotatable bonds is 3. The molecule has 3 aromatic heterocycles. The lowest BCUT2D eigenvalue weighted by atomic mass is 10.1. The third-order valence-corrected chi connectivity index (χ3v) is 4.39. The molecule has 1 saturated heterocycles. The smallest absolute Gasteiger partial charge is 0.417 e. The molecule has 0 unspecified atom stereocenters. The van der Waals surface area contributed by atoms with Gasteiger partial charge in [0.2, 0.25) is 5.88 Å². The SMILES string of the molecule is Cc1nc2ccccn2c1C(=O)N1CC(Oc2ccc(C(F)(F)F)cn2)C1. The van der Waals surface area contributed by atoms with Crippen molar-refractivity contribution in [3.63, 3.8) is 0 Å². The molecule has 0 saturated carbocycles. The Bertz CT molecular complexity index is 992. The fourth-order valence-corrected chi connectivity index (χ4v) is 2.99. The van der Waals surface area contributed by atoms with Gasteiger partial charge in [0.25, 0.3) is 5.91 Å². The summed E-state index contributed by atoms with van der Waals surface area (Å²) in [6.45, 7) is 2.45. The normalized spacial score (nSPS) is 15.0. The molecule has 0 spiro atoms. The number of ether oxygens (including phenoxy) is 1. The minimum absolute atomic E-state index is 0.103. The van der Waals surface area contributed by atoms with E-state index in [9.17, 15) is 18.0 Å². The average Bonchev–Trinajstić information content (AvgIpc) is 2.92. The number of likely N-dealkylation sites (tertiary alicyclic amines) is 1. The molecular weight excluding hydrogens is 361 g/mol. The van der Waals surface area contributed by atoms with Crippen molar-refractivity contribution in [1.82, 2.24) is 19.3 Å². The Kier molecular flexibility index (Phi) is 4.01. The van der Waals surface area contributed by atoms with Crippen LogP contribution in [0.15, 0.2) is 42.7 Å². The van der Waals surface area contributed by atoms with Crippen molar-refractivity contribution < 1.29 is 22.7 Å². The lowest BCUT2D eigenvalue weighted by Crippen LogP contribution is -2.56. The maximum Gasteiger partial charge on any atom is 0.417 e. The second-order valence-electron chi connectivity index (χ2n) is 6.31. The minimum atomic E-state index is -4.43. The number of hydrogen-bond donors (Lipinski definition) is 0. The van der Waals surface area contributed by atoms with Crippen molar-refractivity contribution in [2.45, 2.75) is 19.2 Å². The Morgan fingerprint density at radius 3 is 2.67 bits per heavy atom. The predicted octanol–water partition coefficient (Wildman–Crippen LogP) is 2.96. The number of hydrogen-bond acceptors (Lipinski definition) is 4. The molecule has 3 aromatic rings. The maximum atomic E-state index is 12.7. The number of halogens is 3. The van der Waals surface area contributed by atoms with Crippen LogP contribution >= 0.6 is 0 Å². The van der Waals surface area contributed by atoms with Crippen LogP contribution in [0.25, 0.3) is 5.65 Å². The molecule has 1 amide bonds. The second kappa shape index (κ2) is 6.26. The number of carbonyl (C=O) groups excluding carboxylic acids is 1. The number of amides is 1. The summed E-state index contributed by atoms with van der Waals surface area (Å²) in [4.78, 5) is 22.4. The molecule has 0 N–H and O–H groups in total. The third-order valence-electron chi connectivity index (χ3n) is 4.39. The number of aryl methyl sites for hydroxylation is 1. The largest absolute Gasteiger partial charge is 0.471 e. The van der Waals surface area contributed by atoms with E-state index in [0.717, 1.165) is 12.3 Å². The van der Waals surface area contributed by atoms with Gasteiger partial charge in [-0.1, -0.05) is 6.07 Å². The molecule has 6 nitrogen and oxygen atoms in total. The number of pyridine rings is 2. The number of carbonyl (C=O) groups is 1. The summed E-state index contributed by atoms with van der Waals surface area (Å²) in [6, 6.07) is 7.60. The first-order chi connectivity index (χ1) is 12.8. The zero-order valence-corrected chi connectivity index (χ0v) is 14.3. The molecular formula is C18H15F3N4O2. The van der Waals surface area contributed by atoms with Crippen LogP contribution in [-0.2, 0) is 6.18 Å². The summed E-state index contributed by atoms with van der Waals surface area (Å²) >= 11 is 0. The quantitative estimate of drug-likeness (QED) is 0.705. The van der Waals surface area contributed by atoms with E-state index in [4.69, 9.17) is 4.74 Å². The standard InChI is InChI=1S/C18H15F3N4O2/c1-11-16(25-7-3-2-4-14(25)23-11)17(26)24-9-13(10-24)27-15-6-5-12(8-22-15)18(19,20)21/h2-8,13H,9-10H2,1H3. The molecule has 1 aliphatic rings. The zero-order chi connectivity index (χ0) is 19.2. The Morgan fingerprint density at radius 2 is 2.00 bits per heavy atom. The monoisotopic (exact) mass is 376 g/mol. The molecule has 4 rings (SSSR count). The van der Waals surface area contributed by atoms with E-state index in [1.165, 1.54) is 6.07 Å². The minimum Gasteiger partial charge on any atom is -0.471 e. The highest BCUT2D eigenvalue weighted by Gasteiger charge is 2.35. The number of imidazole rings is 1. The molecule has 0 aromatic carbocycles. The van der Waals surface area contributed by atoms with Gasteiger partial charge in [0.05, 0.1) is 24.3 Å². The van der Waals surface area contributed by atoms with E-state index < -0.39 is 11.7 Å². The Balaban J connectivity index is 1.40. The summed E-state index contributed by atoms with van der Waals surface area (Å²) in [7, 11) is 0. The average molecular weight is 376 g/mol. The van der Waals surface area contributed by atoms with Gasteiger partial charge in [-0.25, -0.2) is 9.97 Å². The van der Waals surface area contributed by atoms with Crippen molar-refractivity contribution in [3.05, 3.63) is 59.7 Å². The van der Waals surface area contributed by atoms with Gasteiger partial charge in [0, 0.05) is 18.5 Å². The zero-order valence-electron chi connectivity index (χ0n) is 14.3. The van der Waals surface area contributed by atoms with Crippen LogP contribution in [0.3, 0.4) is 0 Å². The lowest BCUT2D eigenvalue weighted by molar-refractivity contribution is -0.137. The molecule has 0 aliphatic carbocycles. The van der Waals surface area contributed by atoms with Crippen LogP contribution in [-0.4, -0.2) is 44.4 Å². The van der Waals surface area contributed by atoms with Crippen LogP contribution in [0.4, 0.5) is 13.2 Å². The highest BCUT2D eigenvalue weighted by Crippen LogP contribution is 2.29. The predicted molar refractivity (Wildman–Crippen MR) is 89.5 cm³/mol. The van der Waals surface area contributed by atoms with Crippen molar-refractivity contribution in [2.75, 3.05) is 13.1 Å². The van der Waals surface area contributed by atoms with Gasteiger partial charge in [-0.3, -0.25) is 9.20 Å². The highest BCUT2D eigenvalue weighted by atomic mass is 19.4. The highest BCUT2D eigenvalue weighted by molar-refractivity contribution is 5.95. The summed E-state index contributed by atoms with van der Waals surface area (Å²) < 4.78 is 44.9. The fraction of sp³-hybridized carbons (Fsp3) is 0.278. The molecule has 1 fully saturated rings. The number of aromatic nitrogens is 3. The first kappa shape index (κ1) is 17.3. The topological polar surface area (TPSA) is 59.7 Å². The number of nitrogens with zero attached hydrogens (tertiary/aromatic N) is 4. The molecule has 0 atom stereocenters. The van der Waals surface area contributed by atoms with E-state index in [2.05, 4.69) is 9.97 Å². The van der Waals surface area contributed by atoms with Gasteiger partial charge in [0.15, 0.2) is 0 Å². The Labute approximate surface area is 152 Å². The van der Waals surface area contributed by atoms with Crippen molar-refractivity contribution in [3.8, 4) is 5.88 Å². The molecule has 0 bridgehead atoms. The summed E-state index contributed by atoms with van der Waals surface area (Å²) in [6.07, 6.45) is -2.23. The Morgan fingerprint density at radius 1 is 1.22 bits per heavy atom. The van der Waals surface area contributed by atoms with E-state index in [1.807, 2.05) is 18.2 Å². The van der Waals surface area contributed by atoms with Crippen LogP contribution in [0.2, 0.25) is 0 Å². The first-order valence-corrected chi connectivity index (χ1v) is 8.26. The lowest BCUT2D eigenvalue weighted by Gasteiger charge is -2.38. The van der Waals surface area contributed by atoms with Crippen LogP contribution in [0.1, 0.15) is 21.7 Å². The number of alkyl halides is 3. The van der Waals surface area contributed by atoms with Crippen LogP contribution in [0.5, 0.6) is 5.88 Å². The first-order valence-electron chi connectivity index (χ1n) is 8.26. The van der Waals surface area contributed by atoms with Gasteiger partial charge >= 0.3 is 6.18 Å². The van der Waals surface area contributed by atoms with Gasteiger partial charge in [-0.2, -0.15) is 13.2 Å². The van der Waals surface area contributed by atoms with Gasteiger partial charge in [0.1, 0.15) is 17.4 Å². The van der Waals surface area contributed by atoms with Crippen LogP contribution in [0, 0.1) is 6.92 Å². The van der Waals surface area contributed by atoms with Crippen molar-refractivity contribution in [1.29, 1.82) is 0 Å². The summed E-state index contributed by atoms with van der Waals surface area (Å²) in [5.41, 5.74) is 1.00. The fourth-order valence-electron chi connectivity index (χ4n) is 2.99. The van der Waals surface area contributed by atoms with E-state index in [-0.39, 0.29) is 17.9 Å². The number of fused-ring (bicyclic) bond motifs is 1. The third kappa shape index (κ3) is 3.20. The summed E-state index contributed by atoms with van der Waals surface area (Å²) in [5, 5.41) is 0. The molecule has 0 radical (unpaired) electrons.